The molecule has 0 fully saturated rings. The van der Waals surface area contributed by atoms with Crippen LogP contribution in [0.4, 0.5) is 0 Å². The molecule has 632 valence electrons. The minimum Gasteiger partial charge on any atom is -0.872 e. The Hall–Kier alpha value is -12.1. The number of hydrogen-bond donors (Lipinski definition) is 8. The fourth-order valence-electron chi connectivity index (χ4n) is 13.4. The van der Waals surface area contributed by atoms with Crippen LogP contribution in [0.15, 0.2) is 267 Å². The molecule has 20 N–H and O–H groups in total. The predicted molar refractivity (Wildman–Crippen MR) is 467 cm³/mol. The SMILES string of the molecule is NCCCN.NCCCN.[NH3+]CCC[NH3+].[NH3+]CCC[NH3+].[O-]c1c2cccc1Cc1ccccc1OCCOc1ccccc1Cc1cccc(c1[O-])Cc1ccccc1OCCOc1ccccc1C2.[O-]c1c2cccc1Cc1ccccc1OCCOc1ccccc1Cc1cccc(c1[O-])Cc1ccccc1OCCOc1ccccc1C2. The summed E-state index contributed by atoms with van der Waals surface area (Å²) in [5, 5.41) is 54.9. The maximum absolute atomic E-state index is 13.7. The summed E-state index contributed by atoms with van der Waals surface area (Å²) in [4.78, 5) is 0. The molecule has 0 saturated carbocycles. The zero-order chi connectivity index (χ0) is 84.7. The molecule has 0 saturated heterocycles. The van der Waals surface area contributed by atoms with Gasteiger partial charge < -0.3 is 104 Å². The normalized spacial score (nSPS) is 12.9. The van der Waals surface area contributed by atoms with E-state index in [-0.39, 0.29) is 23.0 Å². The molecule has 12 aromatic carbocycles. The number of fused-ring (bicyclic) bond motifs is 16. The molecule has 8 bridgehead atoms. The smallest absolute Gasteiger partial charge is 0.123 e. The van der Waals surface area contributed by atoms with Crippen LogP contribution in [-0.4, -0.2) is 105 Å². The second kappa shape index (κ2) is 52.0. The van der Waals surface area contributed by atoms with Crippen LogP contribution in [0.5, 0.6) is 69.0 Å². The van der Waals surface area contributed by atoms with E-state index in [9.17, 15) is 20.4 Å². The van der Waals surface area contributed by atoms with E-state index in [0.717, 1.165) is 110 Å². The van der Waals surface area contributed by atoms with Gasteiger partial charge in [-0.3, -0.25) is 0 Å². The van der Waals surface area contributed by atoms with Crippen LogP contribution in [0.1, 0.15) is 115 Å². The molecule has 0 amide bonds. The van der Waals surface area contributed by atoms with E-state index in [2.05, 4.69) is 22.9 Å². The lowest BCUT2D eigenvalue weighted by molar-refractivity contribution is -0.405. The molecule has 0 aliphatic carbocycles. The lowest BCUT2D eigenvalue weighted by Gasteiger charge is -2.22. The van der Waals surface area contributed by atoms with Gasteiger partial charge in [0.25, 0.3) is 0 Å². The van der Waals surface area contributed by atoms with E-state index in [1.165, 1.54) is 12.8 Å². The van der Waals surface area contributed by atoms with Gasteiger partial charge in [-0.1, -0.05) is 263 Å². The molecule has 0 aromatic heterocycles. The van der Waals surface area contributed by atoms with E-state index >= 15 is 0 Å². The topological polar surface area (TPSA) is 381 Å². The van der Waals surface area contributed by atoms with Gasteiger partial charge in [0, 0.05) is 64.2 Å². The van der Waals surface area contributed by atoms with Crippen LogP contribution in [0.3, 0.4) is 0 Å². The van der Waals surface area contributed by atoms with Gasteiger partial charge >= 0.3 is 0 Å². The first-order chi connectivity index (χ1) is 58.9. The van der Waals surface area contributed by atoms with Crippen molar-refractivity contribution in [1.82, 2.24) is 0 Å². The third kappa shape index (κ3) is 29.2. The van der Waals surface area contributed by atoms with Crippen molar-refractivity contribution in [2.45, 2.75) is 77.0 Å². The molecule has 0 spiro atoms. The number of nitrogens with two attached hydrogens (primary N) is 4. The highest BCUT2D eigenvalue weighted by Crippen LogP contribution is 2.37. The number of benzene rings is 12. The zero-order valence-corrected chi connectivity index (χ0v) is 69.2. The maximum Gasteiger partial charge on any atom is 0.123 e. The molecule has 0 unspecified atom stereocenters. The molecule has 2 heterocycles. The van der Waals surface area contributed by atoms with Gasteiger partial charge in [-0.25, -0.2) is 0 Å². The Morgan fingerprint density at radius 1 is 0.183 bits per heavy atom. The molecule has 12 aromatic rings. The Morgan fingerprint density at radius 2 is 0.308 bits per heavy atom. The second-order valence-corrected chi connectivity index (χ2v) is 28.7. The van der Waals surface area contributed by atoms with Gasteiger partial charge in [-0.15, -0.1) is 23.0 Å². The highest BCUT2D eigenvalue weighted by Gasteiger charge is 2.17. The average molecular weight is 1630 g/mol. The fourth-order valence-corrected chi connectivity index (χ4v) is 13.4. The van der Waals surface area contributed by atoms with Crippen molar-refractivity contribution in [2.24, 2.45) is 22.9 Å². The maximum atomic E-state index is 13.7. The van der Waals surface area contributed by atoms with E-state index in [1.807, 2.05) is 267 Å². The van der Waals surface area contributed by atoms with Crippen LogP contribution < -0.4 is 104 Å². The largest absolute Gasteiger partial charge is 0.872 e. The van der Waals surface area contributed by atoms with Gasteiger partial charge in [0.05, 0.1) is 26.2 Å². The number of para-hydroxylation sites is 12. The molecule has 20 heteroatoms. The summed E-state index contributed by atoms with van der Waals surface area (Å²) in [7, 11) is 0. The van der Waals surface area contributed by atoms with E-state index in [1.54, 1.807) is 0 Å². The third-order valence-corrected chi connectivity index (χ3v) is 19.8. The van der Waals surface area contributed by atoms with Crippen LogP contribution in [0, 0.1) is 0 Å². The second-order valence-electron chi connectivity index (χ2n) is 28.7. The van der Waals surface area contributed by atoms with E-state index < -0.39 is 0 Å². The monoisotopic (exact) mass is 1620 g/mol. The van der Waals surface area contributed by atoms with Crippen molar-refractivity contribution in [3.63, 3.8) is 0 Å². The minimum absolute atomic E-state index is 0.0181. The van der Waals surface area contributed by atoms with Gasteiger partial charge in [0.15, 0.2) is 0 Å². The number of ether oxygens (including phenoxy) is 8. The predicted octanol–water partition coefficient (Wildman–Crippen LogP) is 9.16. The zero-order valence-electron chi connectivity index (χ0n) is 69.2. The first kappa shape index (κ1) is 91.8. The van der Waals surface area contributed by atoms with E-state index in [4.69, 9.17) is 60.8 Å². The molecular formula is C100H120N8O12. The Kier molecular flexibility index (Phi) is 39.8. The lowest BCUT2D eigenvalue weighted by atomic mass is 9.97. The third-order valence-electron chi connectivity index (χ3n) is 19.8. The highest BCUT2D eigenvalue weighted by molar-refractivity contribution is 5.54. The summed E-state index contributed by atoms with van der Waals surface area (Å²) in [6.07, 6.45) is 7.78. The van der Waals surface area contributed by atoms with Gasteiger partial charge in [0.2, 0.25) is 0 Å². The number of hydrogen-bond acceptors (Lipinski definition) is 16. The summed E-state index contributed by atoms with van der Waals surface area (Å²) in [5.74, 6) is 5.78. The van der Waals surface area contributed by atoms with Crippen LogP contribution >= 0.6 is 0 Å². The number of rotatable bonds is 8. The Bertz CT molecular complexity index is 4100. The van der Waals surface area contributed by atoms with Crippen LogP contribution in [0.2, 0.25) is 0 Å². The molecule has 0 atom stereocenters. The van der Waals surface area contributed by atoms with Crippen molar-refractivity contribution in [1.29, 1.82) is 0 Å². The Balaban J connectivity index is 0.000000223. The standard InChI is InChI=1S/2C44H40O6.4C3H10N2/c2*45-43-35-15-9-16-36(43)28-32-12-2-7-21-41(32)49-25-26-50-42-22-8-4-14-34(42)30-38-18-10-17-37(44(38)46)29-33-13-3-6-20-40(33)48-24-23-47-39-19-5-1-11-31(39)27-35;4*4-2-1-3-5/h2*1-22,45-46H,23-30H2;4*1-5H2. The van der Waals surface area contributed by atoms with Crippen LogP contribution in [0.25, 0.3) is 0 Å². The first-order valence-corrected chi connectivity index (χ1v) is 41.6. The van der Waals surface area contributed by atoms with Gasteiger partial charge in [-0.05, 0) is 132 Å². The molecular weight excluding hydrogens is 1510 g/mol. The summed E-state index contributed by atoms with van der Waals surface area (Å²) >= 11 is 0. The average Bonchev–Trinajstić information content (AvgIpc) is 0.833. The minimum atomic E-state index is 0.0181. The molecule has 14 rings (SSSR count). The number of quaternary nitrogens is 4. The van der Waals surface area contributed by atoms with Crippen molar-refractivity contribution < 1.29 is 81.3 Å². The highest BCUT2D eigenvalue weighted by atomic mass is 16.5. The summed E-state index contributed by atoms with van der Waals surface area (Å²) in [5.41, 5.74) is 47.8. The van der Waals surface area contributed by atoms with Crippen molar-refractivity contribution >= 4 is 0 Å². The molecule has 2 aliphatic rings. The Morgan fingerprint density at radius 3 is 0.417 bits per heavy atom. The fraction of sp³-hybridized carbons (Fsp3) is 0.280. The van der Waals surface area contributed by atoms with Crippen molar-refractivity contribution in [3.05, 3.63) is 356 Å². The quantitative estimate of drug-likeness (QED) is 0.0702. The molecule has 120 heavy (non-hydrogen) atoms. The Labute approximate surface area is 707 Å². The van der Waals surface area contributed by atoms with Crippen LogP contribution in [-0.2, 0) is 51.4 Å². The lowest BCUT2D eigenvalue weighted by Crippen LogP contribution is -2.57. The van der Waals surface area contributed by atoms with Gasteiger partial charge in [-0.2, -0.15) is 0 Å². The van der Waals surface area contributed by atoms with Crippen molar-refractivity contribution in [3.8, 4) is 69.0 Å². The molecule has 0 radical (unpaired) electrons. The summed E-state index contributed by atoms with van der Waals surface area (Å²) in [6, 6.07) is 85.2. The summed E-state index contributed by atoms with van der Waals surface area (Å²) in [6.45, 7) is 9.53. The van der Waals surface area contributed by atoms with Crippen molar-refractivity contribution in [2.75, 3.05) is 105 Å². The summed E-state index contributed by atoms with van der Waals surface area (Å²) < 4.78 is 49.6. The molecule has 20 nitrogen and oxygen atoms in total. The molecule has 2 aliphatic heterocycles. The van der Waals surface area contributed by atoms with E-state index in [0.29, 0.717) is 195 Å². The van der Waals surface area contributed by atoms with Gasteiger partial charge in [0.1, 0.15) is 98.9 Å². The first-order valence-electron chi connectivity index (χ1n) is 41.6.